The van der Waals surface area contributed by atoms with E-state index in [2.05, 4.69) is 9.62 Å². The molecule has 1 aliphatic heterocycles. The highest BCUT2D eigenvalue weighted by molar-refractivity contribution is 7.92. The lowest BCUT2D eigenvalue weighted by atomic mass is 10.0. The van der Waals surface area contributed by atoms with Crippen LogP contribution in [0.5, 0.6) is 5.75 Å². The Balaban J connectivity index is 1.62. The van der Waals surface area contributed by atoms with Crippen molar-refractivity contribution in [1.82, 2.24) is 9.80 Å². The summed E-state index contributed by atoms with van der Waals surface area (Å²) < 4.78 is 41.8. The van der Waals surface area contributed by atoms with Crippen LogP contribution in [0.25, 0.3) is 0 Å². The van der Waals surface area contributed by atoms with Crippen LogP contribution < -0.4 is 9.46 Å². The van der Waals surface area contributed by atoms with Crippen molar-refractivity contribution in [3.63, 3.8) is 0 Å². The van der Waals surface area contributed by atoms with E-state index in [9.17, 15) is 28.2 Å². The first-order valence-electron chi connectivity index (χ1n) is 16.7. The van der Waals surface area contributed by atoms with E-state index >= 15 is 0 Å². The molecule has 0 spiro atoms. The standard InChI is InChI=1S/C37H49N3O8S/c1-25-9-16-32(17-10-25)49(45,46)38-31-15-18-34-33(20-31)36(42)40(27(3)24-41)21-26(2)35(47-19-7-6-8-28(4)48-34)23-39(5)22-29-11-13-30(14-12-29)37(43)44/h9-18,20,26-28,35,38,41H,6-8,19,21-24H2,1-5H3,(H,43,44)/t26-,27-,28-,35+/m0/s1. The van der Waals surface area contributed by atoms with Gasteiger partial charge in [-0.1, -0.05) is 36.8 Å². The number of nitrogens with zero attached hydrogens (tertiary/aromatic N) is 2. The van der Waals surface area contributed by atoms with Crippen LogP contribution in [0.1, 0.15) is 71.9 Å². The fourth-order valence-corrected chi connectivity index (χ4v) is 6.87. The van der Waals surface area contributed by atoms with Crippen LogP contribution in [0.15, 0.2) is 71.6 Å². The Morgan fingerprint density at radius 3 is 2.41 bits per heavy atom. The molecule has 4 atom stereocenters. The van der Waals surface area contributed by atoms with E-state index < -0.39 is 27.9 Å². The number of aryl methyl sites for hydroxylation is 1. The van der Waals surface area contributed by atoms with Crippen molar-refractivity contribution in [3.05, 3.63) is 89.0 Å². The zero-order valence-electron chi connectivity index (χ0n) is 29.0. The van der Waals surface area contributed by atoms with E-state index in [0.29, 0.717) is 25.4 Å². The number of carbonyl (C=O) groups is 2. The number of rotatable bonds is 10. The number of hydrogen-bond acceptors (Lipinski definition) is 8. The second kappa shape index (κ2) is 17.1. The number of sulfonamides is 1. The van der Waals surface area contributed by atoms with Gasteiger partial charge < -0.3 is 24.6 Å². The highest BCUT2D eigenvalue weighted by Crippen LogP contribution is 2.29. The van der Waals surface area contributed by atoms with E-state index in [0.717, 1.165) is 30.4 Å². The van der Waals surface area contributed by atoms with Crippen molar-refractivity contribution in [2.24, 2.45) is 5.92 Å². The average Bonchev–Trinajstić information content (AvgIpc) is 3.06. The number of carboxylic acid groups (broad SMARTS) is 1. The van der Waals surface area contributed by atoms with Gasteiger partial charge in [-0.15, -0.1) is 0 Å². The Kier molecular flexibility index (Phi) is 13.2. The smallest absolute Gasteiger partial charge is 0.335 e. The molecule has 1 heterocycles. The number of aromatic carboxylic acids is 1. The van der Waals surface area contributed by atoms with Crippen molar-refractivity contribution >= 4 is 27.6 Å². The summed E-state index contributed by atoms with van der Waals surface area (Å²) in [5.74, 6) is -1.17. The summed E-state index contributed by atoms with van der Waals surface area (Å²) >= 11 is 0. The molecule has 266 valence electrons. The van der Waals surface area contributed by atoms with Gasteiger partial charge in [-0.2, -0.15) is 0 Å². The minimum absolute atomic E-state index is 0.104. The number of nitrogens with one attached hydrogen (secondary N) is 1. The number of ether oxygens (including phenoxy) is 2. The average molecular weight is 696 g/mol. The summed E-state index contributed by atoms with van der Waals surface area (Å²) in [6.07, 6.45) is 1.91. The maximum Gasteiger partial charge on any atom is 0.335 e. The number of carbonyl (C=O) groups excluding carboxylic acids is 1. The molecule has 3 N–H and O–H groups in total. The van der Waals surface area contributed by atoms with Crippen LogP contribution in [0.2, 0.25) is 0 Å². The molecule has 0 aliphatic carbocycles. The Labute approximate surface area is 289 Å². The summed E-state index contributed by atoms with van der Waals surface area (Å²) in [5.41, 5.74) is 2.54. The van der Waals surface area contributed by atoms with Crippen LogP contribution in [0.3, 0.4) is 0 Å². The molecule has 11 nitrogen and oxygen atoms in total. The maximum atomic E-state index is 14.4. The Bertz CT molecular complexity index is 1660. The van der Waals surface area contributed by atoms with Crippen LogP contribution >= 0.6 is 0 Å². The lowest BCUT2D eigenvalue weighted by Crippen LogP contribution is -2.47. The highest BCUT2D eigenvalue weighted by atomic mass is 32.2. The molecule has 0 unspecified atom stereocenters. The fourth-order valence-electron chi connectivity index (χ4n) is 5.82. The first-order chi connectivity index (χ1) is 23.3. The van der Waals surface area contributed by atoms with Crippen LogP contribution in [0, 0.1) is 12.8 Å². The third kappa shape index (κ3) is 10.5. The summed E-state index contributed by atoms with van der Waals surface area (Å²) in [6, 6.07) is 17.5. The first kappa shape index (κ1) is 37.8. The molecule has 0 aromatic heterocycles. The number of fused-ring (bicyclic) bond motifs is 1. The topological polar surface area (TPSA) is 146 Å². The van der Waals surface area contributed by atoms with Gasteiger partial charge in [0.25, 0.3) is 15.9 Å². The van der Waals surface area contributed by atoms with Gasteiger partial charge in [0, 0.05) is 37.8 Å². The summed E-state index contributed by atoms with van der Waals surface area (Å²) in [5, 5.41) is 19.5. The molecule has 12 heteroatoms. The van der Waals surface area contributed by atoms with E-state index in [4.69, 9.17) is 9.47 Å². The molecule has 4 rings (SSSR count). The van der Waals surface area contributed by atoms with Crippen molar-refractivity contribution in [2.45, 2.75) is 76.6 Å². The van der Waals surface area contributed by atoms with Gasteiger partial charge in [-0.3, -0.25) is 14.4 Å². The highest BCUT2D eigenvalue weighted by Gasteiger charge is 2.31. The largest absolute Gasteiger partial charge is 0.490 e. The summed E-state index contributed by atoms with van der Waals surface area (Å²) in [6.45, 7) is 9.25. The minimum atomic E-state index is -3.93. The van der Waals surface area contributed by atoms with Crippen LogP contribution in [0.4, 0.5) is 5.69 Å². The molecular formula is C37H49N3O8S. The second-order valence-corrected chi connectivity index (χ2v) is 14.8. The Morgan fingerprint density at radius 1 is 1.06 bits per heavy atom. The molecule has 1 amide bonds. The molecule has 3 aromatic carbocycles. The van der Waals surface area contributed by atoms with Gasteiger partial charge in [-0.25, -0.2) is 13.2 Å². The predicted molar refractivity (Wildman–Crippen MR) is 189 cm³/mol. The van der Waals surface area contributed by atoms with Crippen molar-refractivity contribution in [3.8, 4) is 5.75 Å². The van der Waals surface area contributed by atoms with Crippen molar-refractivity contribution < 1.29 is 37.7 Å². The quantitative estimate of drug-likeness (QED) is 0.253. The molecule has 0 bridgehead atoms. The molecule has 0 saturated carbocycles. The first-order valence-corrected chi connectivity index (χ1v) is 18.2. The Morgan fingerprint density at radius 2 is 1.76 bits per heavy atom. The van der Waals surface area contributed by atoms with Crippen LogP contribution in [-0.4, -0.2) is 91.9 Å². The number of benzene rings is 3. The normalized spacial score (nSPS) is 20.2. The molecule has 49 heavy (non-hydrogen) atoms. The zero-order chi connectivity index (χ0) is 35.7. The number of aliphatic hydroxyl groups is 1. The number of carboxylic acids is 1. The third-order valence-corrected chi connectivity index (χ3v) is 10.2. The maximum absolute atomic E-state index is 14.4. The van der Waals surface area contributed by atoms with Gasteiger partial charge in [-0.05, 0) is 95.1 Å². The predicted octanol–water partition coefficient (Wildman–Crippen LogP) is 5.42. The van der Waals surface area contributed by atoms with Gasteiger partial charge in [0.15, 0.2) is 0 Å². The summed E-state index contributed by atoms with van der Waals surface area (Å²) in [4.78, 5) is 29.5. The fraction of sp³-hybridized carbons (Fsp3) is 0.459. The lowest BCUT2D eigenvalue weighted by Gasteiger charge is -2.36. The number of aliphatic hydroxyl groups excluding tert-OH is 1. The van der Waals surface area contributed by atoms with Gasteiger partial charge in [0.2, 0.25) is 0 Å². The lowest BCUT2D eigenvalue weighted by molar-refractivity contribution is -0.0177. The molecule has 0 fully saturated rings. The van der Waals surface area contributed by atoms with E-state index in [-0.39, 0.29) is 53.0 Å². The SMILES string of the molecule is Cc1ccc(S(=O)(=O)Nc2ccc3c(c2)C(=O)N([C@@H](C)CO)C[C@H](C)[C@@H](CN(C)Cc2ccc(C(=O)O)cc2)OCCCC[C@H](C)O3)cc1. The number of hydrogen-bond donors (Lipinski definition) is 3. The monoisotopic (exact) mass is 695 g/mol. The van der Waals surface area contributed by atoms with Gasteiger partial charge in [0.1, 0.15) is 5.75 Å². The molecule has 0 saturated heterocycles. The van der Waals surface area contributed by atoms with Crippen LogP contribution in [-0.2, 0) is 21.3 Å². The Hall–Kier alpha value is -3.97. The second-order valence-electron chi connectivity index (χ2n) is 13.1. The van der Waals surface area contributed by atoms with Crippen molar-refractivity contribution in [1.29, 1.82) is 0 Å². The van der Waals surface area contributed by atoms with Crippen molar-refractivity contribution in [2.75, 3.05) is 38.1 Å². The van der Waals surface area contributed by atoms with Gasteiger partial charge in [0.05, 0.1) is 40.9 Å². The molecule has 1 aliphatic rings. The number of likely N-dealkylation sites (N-methyl/N-ethyl adjacent to an activating group) is 1. The van der Waals surface area contributed by atoms with E-state index in [1.165, 1.54) is 18.2 Å². The number of anilines is 1. The minimum Gasteiger partial charge on any atom is -0.490 e. The van der Waals surface area contributed by atoms with Gasteiger partial charge >= 0.3 is 5.97 Å². The molecule has 0 radical (unpaired) electrons. The molecular weight excluding hydrogens is 646 g/mol. The number of amides is 1. The summed E-state index contributed by atoms with van der Waals surface area (Å²) in [7, 11) is -1.96. The molecule has 3 aromatic rings. The van der Waals surface area contributed by atoms with E-state index in [1.807, 2.05) is 27.8 Å². The zero-order valence-corrected chi connectivity index (χ0v) is 29.8. The van der Waals surface area contributed by atoms with E-state index in [1.54, 1.807) is 60.4 Å². The third-order valence-electron chi connectivity index (χ3n) is 8.78.